The Morgan fingerprint density at radius 1 is 1.27 bits per heavy atom. The molecule has 0 atom stereocenters. The molecule has 4 nitrogen and oxygen atoms in total. The fourth-order valence-corrected chi connectivity index (χ4v) is 3.60. The summed E-state index contributed by atoms with van der Waals surface area (Å²) in [5, 5.41) is 9.85. The van der Waals surface area contributed by atoms with E-state index in [1.54, 1.807) is 24.1 Å². The standard InChI is InChI=1S/C16H21Cl2NO3/c1-19(12-5-3-10(9-20)4-6-12)16(21)11-7-13(17)15(22-2)14(18)8-11/h7-8,10,12,20H,3-6,9H2,1-2H3. The molecule has 1 fully saturated rings. The van der Waals surface area contributed by atoms with Gasteiger partial charge in [-0.2, -0.15) is 0 Å². The molecule has 0 radical (unpaired) electrons. The van der Waals surface area contributed by atoms with Gasteiger partial charge in [0.2, 0.25) is 0 Å². The predicted octanol–water partition coefficient (Wildman–Crippen LogP) is 3.63. The zero-order valence-electron chi connectivity index (χ0n) is 12.8. The van der Waals surface area contributed by atoms with Crippen molar-refractivity contribution in [2.24, 2.45) is 5.92 Å². The van der Waals surface area contributed by atoms with Crippen molar-refractivity contribution < 1.29 is 14.6 Å². The number of aliphatic hydroxyl groups excluding tert-OH is 1. The fourth-order valence-electron chi connectivity index (χ4n) is 2.96. The molecule has 1 aliphatic rings. The maximum atomic E-state index is 12.6. The highest BCUT2D eigenvalue weighted by Crippen LogP contribution is 2.35. The van der Waals surface area contributed by atoms with Crippen LogP contribution < -0.4 is 4.74 Å². The van der Waals surface area contributed by atoms with Gasteiger partial charge in [0.1, 0.15) is 0 Å². The smallest absolute Gasteiger partial charge is 0.253 e. The van der Waals surface area contributed by atoms with Gasteiger partial charge in [-0.25, -0.2) is 0 Å². The zero-order valence-corrected chi connectivity index (χ0v) is 14.3. The monoisotopic (exact) mass is 345 g/mol. The molecule has 22 heavy (non-hydrogen) atoms. The minimum Gasteiger partial charge on any atom is -0.494 e. The van der Waals surface area contributed by atoms with Crippen LogP contribution >= 0.6 is 23.2 Å². The Morgan fingerprint density at radius 3 is 2.27 bits per heavy atom. The molecule has 0 spiro atoms. The first kappa shape index (κ1) is 17.4. The predicted molar refractivity (Wildman–Crippen MR) is 87.9 cm³/mol. The molecule has 0 unspecified atom stereocenters. The van der Waals surface area contributed by atoms with E-state index in [-0.39, 0.29) is 18.6 Å². The van der Waals surface area contributed by atoms with Crippen LogP contribution in [0, 0.1) is 5.92 Å². The highest BCUT2D eigenvalue weighted by molar-refractivity contribution is 6.37. The van der Waals surface area contributed by atoms with E-state index in [1.807, 2.05) is 0 Å². The lowest BCUT2D eigenvalue weighted by atomic mass is 9.86. The Kier molecular flexibility index (Phi) is 5.95. The van der Waals surface area contributed by atoms with Crippen LogP contribution in [0.3, 0.4) is 0 Å². The summed E-state index contributed by atoms with van der Waals surface area (Å²) in [6.45, 7) is 0.230. The van der Waals surface area contributed by atoms with Crippen molar-refractivity contribution in [1.29, 1.82) is 0 Å². The lowest BCUT2D eigenvalue weighted by molar-refractivity contribution is 0.0653. The van der Waals surface area contributed by atoms with Crippen LogP contribution in [0.15, 0.2) is 12.1 Å². The molecular weight excluding hydrogens is 325 g/mol. The second-order valence-electron chi connectivity index (χ2n) is 5.75. The molecule has 0 aromatic heterocycles. The molecule has 0 saturated heterocycles. The fraction of sp³-hybridized carbons (Fsp3) is 0.562. The first-order chi connectivity index (χ1) is 10.5. The number of hydrogen-bond acceptors (Lipinski definition) is 3. The van der Waals surface area contributed by atoms with Crippen LogP contribution in [0.4, 0.5) is 0 Å². The number of carbonyl (C=O) groups is 1. The second kappa shape index (κ2) is 7.53. The Morgan fingerprint density at radius 2 is 1.82 bits per heavy atom. The van der Waals surface area contributed by atoms with Crippen molar-refractivity contribution in [3.8, 4) is 5.75 Å². The zero-order chi connectivity index (χ0) is 16.3. The van der Waals surface area contributed by atoms with Gasteiger partial charge in [-0.3, -0.25) is 4.79 Å². The highest BCUT2D eigenvalue weighted by atomic mass is 35.5. The van der Waals surface area contributed by atoms with Crippen molar-refractivity contribution in [2.45, 2.75) is 31.7 Å². The summed E-state index contributed by atoms with van der Waals surface area (Å²) in [5.41, 5.74) is 0.461. The summed E-state index contributed by atoms with van der Waals surface area (Å²) in [6.07, 6.45) is 3.71. The quantitative estimate of drug-likeness (QED) is 0.906. The number of hydrogen-bond donors (Lipinski definition) is 1. The summed E-state index contributed by atoms with van der Waals surface area (Å²) in [6, 6.07) is 3.37. The molecule has 1 aromatic carbocycles. The number of nitrogens with zero attached hydrogens (tertiary/aromatic N) is 1. The van der Waals surface area contributed by atoms with Crippen molar-refractivity contribution in [2.75, 3.05) is 20.8 Å². The maximum absolute atomic E-state index is 12.6. The SMILES string of the molecule is COc1c(Cl)cc(C(=O)N(C)C2CCC(CO)CC2)cc1Cl. The van der Waals surface area contributed by atoms with Gasteiger partial charge in [-0.1, -0.05) is 23.2 Å². The van der Waals surface area contributed by atoms with E-state index < -0.39 is 0 Å². The van der Waals surface area contributed by atoms with E-state index in [0.717, 1.165) is 25.7 Å². The van der Waals surface area contributed by atoms with Gasteiger partial charge >= 0.3 is 0 Å². The van der Waals surface area contributed by atoms with Gasteiger partial charge in [0.05, 0.1) is 17.2 Å². The molecule has 0 aliphatic heterocycles. The van der Waals surface area contributed by atoms with Crippen LogP contribution in [0.5, 0.6) is 5.75 Å². The van der Waals surface area contributed by atoms with E-state index in [2.05, 4.69) is 0 Å². The third-order valence-corrected chi connectivity index (χ3v) is 4.95. The number of ether oxygens (including phenoxy) is 1. The van der Waals surface area contributed by atoms with Gasteiger partial charge in [0.15, 0.2) is 5.75 Å². The molecule has 2 rings (SSSR count). The molecule has 1 saturated carbocycles. The lowest BCUT2D eigenvalue weighted by Gasteiger charge is -2.34. The van der Waals surface area contributed by atoms with Crippen LogP contribution in [-0.2, 0) is 0 Å². The number of aliphatic hydroxyl groups is 1. The Balaban J connectivity index is 2.11. The van der Waals surface area contributed by atoms with Crippen molar-refractivity contribution >= 4 is 29.1 Å². The van der Waals surface area contributed by atoms with Crippen LogP contribution in [0.2, 0.25) is 10.0 Å². The summed E-state index contributed by atoms with van der Waals surface area (Å²) < 4.78 is 5.10. The molecule has 0 heterocycles. The molecule has 1 N–H and O–H groups in total. The number of rotatable bonds is 4. The Labute approximate surface area is 141 Å². The van der Waals surface area contributed by atoms with Gasteiger partial charge < -0.3 is 14.7 Å². The van der Waals surface area contributed by atoms with Crippen molar-refractivity contribution in [1.82, 2.24) is 4.90 Å². The van der Waals surface area contributed by atoms with Crippen molar-refractivity contribution in [3.05, 3.63) is 27.7 Å². The number of benzene rings is 1. The summed E-state index contributed by atoms with van der Waals surface area (Å²) in [5.74, 6) is 0.648. The van der Waals surface area contributed by atoms with E-state index in [1.165, 1.54) is 7.11 Å². The highest BCUT2D eigenvalue weighted by Gasteiger charge is 2.27. The molecule has 0 bridgehead atoms. The Hall–Kier alpha value is -0.970. The number of halogens is 2. The minimum atomic E-state index is -0.0982. The number of amides is 1. The maximum Gasteiger partial charge on any atom is 0.253 e. The lowest BCUT2D eigenvalue weighted by Crippen LogP contribution is -2.39. The van der Waals surface area contributed by atoms with Crippen LogP contribution in [-0.4, -0.2) is 42.7 Å². The van der Waals surface area contributed by atoms with E-state index in [4.69, 9.17) is 27.9 Å². The number of carbonyl (C=O) groups excluding carboxylic acids is 1. The first-order valence-electron chi connectivity index (χ1n) is 7.39. The van der Waals surface area contributed by atoms with Crippen molar-refractivity contribution in [3.63, 3.8) is 0 Å². The van der Waals surface area contributed by atoms with Gasteiger partial charge in [0.25, 0.3) is 5.91 Å². The molecule has 6 heteroatoms. The van der Waals surface area contributed by atoms with Gasteiger partial charge in [-0.05, 0) is 43.7 Å². The summed E-state index contributed by atoms with van der Waals surface area (Å²) in [4.78, 5) is 14.4. The largest absolute Gasteiger partial charge is 0.494 e. The Bertz CT molecular complexity index is 519. The molecular formula is C16H21Cl2NO3. The second-order valence-corrected chi connectivity index (χ2v) is 6.56. The minimum absolute atomic E-state index is 0.0982. The average Bonchev–Trinajstić information content (AvgIpc) is 2.53. The molecule has 1 amide bonds. The number of methoxy groups -OCH3 is 1. The van der Waals surface area contributed by atoms with E-state index in [0.29, 0.717) is 27.3 Å². The third-order valence-electron chi connectivity index (χ3n) is 4.39. The first-order valence-corrected chi connectivity index (χ1v) is 8.14. The summed E-state index contributed by atoms with van der Waals surface area (Å²) >= 11 is 12.2. The topological polar surface area (TPSA) is 49.8 Å². The van der Waals surface area contributed by atoms with Crippen LogP contribution in [0.1, 0.15) is 36.0 Å². The van der Waals surface area contributed by atoms with Gasteiger partial charge in [0, 0.05) is 25.3 Å². The van der Waals surface area contributed by atoms with E-state index in [9.17, 15) is 9.90 Å². The molecule has 1 aromatic rings. The van der Waals surface area contributed by atoms with Gasteiger partial charge in [-0.15, -0.1) is 0 Å². The average molecular weight is 346 g/mol. The normalized spacial score (nSPS) is 21.5. The molecule has 1 aliphatic carbocycles. The summed E-state index contributed by atoms with van der Waals surface area (Å²) in [7, 11) is 3.29. The third kappa shape index (κ3) is 3.67. The van der Waals surface area contributed by atoms with Crippen LogP contribution in [0.25, 0.3) is 0 Å². The molecule has 122 valence electrons. The van der Waals surface area contributed by atoms with E-state index >= 15 is 0 Å².